The first-order valence-corrected chi connectivity index (χ1v) is 7.67. The molecule has 0 radical (unpaired) electrons. The Hall–Kier alpha value is -1.66. The Balaban J connectivity index is 2.12. The monoisotopic (exact) mass is 273 g/mol. The van der Waals surface area contributed by atoms with Crippen LogP contribution in [0.2, 0.25) is 0 Å². The summed E-state index contributed by atoms with van der Waals surface area (Å²) in [7, 11) is -1.73. The summed E-state index contributed by atoms with van der Waals surface area (Å²) in [6, 6.07) is 13.5. The maximum Gasteiger partial charge on any atom is 0.560 e. The molecular weight excluding hydrogens is 255 g/mol. The lowest BCUT2D eigenvalue weighted by atomic mass is 10.0. The summed E-state index contributed by atoms with van der Waals surface area (Å²) in [6.07, 6.45) is 0.460. The van der Waals surface area contributed by atoms with Crippen molar-refractivity contribution >= 4 is 8.03 Å². The van der Waals surface area contributed by atoms with Crippen LogP contribution in [0.5, 0.6) is 5.75 Å². The fourth-order valence-electron chi connectivity index (χ4n) is 2.22. The highest BCUT2D eigenvalue weighted by atomic mass is 31.1. The van der Waals surface area contributed by atoms with Crippen LogP contribution in [0, 0.1) is 20.8 Å². The maximum atomic E-state index is 12.1. The topological polar surface area (TPSA) is 26.3 Å². The Morgan fingerprint density at radius 3 is 2.16 bits per heavy atom. The third-order valence-corrected chi connectivity index (χ3v) is 4.07. The fraction of sp³-hybridized carbons (Fsp3) is 0.250. The summed E-state index contributed by atoms with van der Waals surface area (Å²) in [5.41, 5.74) is 4.72. The summed E-state index contributed by atoms with van der Waals surface area (Å²) in [4.78, 5) is 0. The Morgan fingerprint density at radius 1 is 1.00 bits per heavy atom. The third kappa shape index (κ3) is 3.65. The van der Waals surface area contributed by atoms with Crippen molar-refractivity contribution in [2.45, 2.75) is 26.9 Å². The lowest BCUT2D eigenvalue weighted by Crippen LogP contribution is -1.94. The van der Waals surface area contributed by atoms with Gasteiger partial charge in [0, 0.05) is 5.56 Å². The van der Waals surface area contributed by atoms with Crippen molar-refractivity contribution in [3.63, 3.8) is 0 Å². The van der Waals surface area contributed by atoms with E-state index in [9.17, 15) is 4.57 Å². The van der Waals surface area contributed by atoms with Crippen LogP contribution in [-0.2, 0) is 10.7 Å². The van der Waals surface area contributed by atoms with Gasteiger partial charge in [0.1, 0.15) is 0 Å². The first-order chi connectivity index (χ1) is 9.06. The minimum atomic E-state index is -1.73. The molecule has 2 aromatic rings. The van der Waals surface area contributed by atoms with E-state index in [1.54, 1.807) is 0 Å². The van der Waals surface area contributed by atoms with Gasteiger partial charge in [0.15, 0.2) is 5.75 Å². The van der Waals surface area contributed by atoms with Crippen LogP contribution in [0.15, 0.2) is 42.5 Å². The number of hydrogen-bond acceptors (Lipinski definition) is 2. The first kappa shape index (κ1) is 13.8. The van der Waals surface area contributed by atoms with E-state index in [-0.39, 0.29) is 0 Å². The average molecular weight is 273 g/mol. The lowest BCUT2D eigenvalue weighted by Gasteiger charge is -2.06. The molecule has 0 amide bonds. The number of para-hydroxylation sites is 1. The molecule has 0 spiro atoms. The molecule has 2 aromatic carbocycles. The molecule has 0 aliphatic carbocycles. The quantitative estimate of drug-likeness (QED) is 0.738. The van der Waals surface area contributed by atoms with E-state index in [1.165, 1.54) is 16.7 Å². The number of hydrogen-bond donors (Lipinski definition) is 0. The minimum Gasteiger partial charge on any atom is -0.254 e. The molecule has 2 nitrogen and oxygen atoms in total. The van der Waals surface area contributed by atoms with Crippen LogP contribution in [0.4, 0.5) is 0 Å². The van der Waals surface area contributed by atoms with E-state index in [4.69, 9.17) is 4.52 Å². The molecule has 3 heteroatoms. The molecule has 0 fully saturated rings. The van der Waals surface area contributed by atoms with Crippen molar-refractivity contribution in [3.8, 4) is 5.75 Å². The minimum absolute atomic E-state index is 0.460. The van der Waals surface area contributed by atoms with E-state index in [0.29, 0.717) is 11.9 Å². The van der Waals surface area contributed by atoms with Crippen molar-refractivity contribution in [3.05, 3.63) is 64.7 Å². The molecule has 0 saturated heterocycles. The van der Waals surface area contributed by atoms with E-state index in [2.05, 4.69) is 32.9 Å². The summed E-state index contributed by atoms with van der Waals surface area (Å²) in [5, 5.41) is 0. The van der Waals surface area contributed by atoms with Crippen LogP contribution >= 0.6 is 8.03 Å². The molecule has 98 valence electrons. The predicted molar refractivity (Wildman–Crippen MR) is 79.0 cm³/mol. The van der Waals surface area contributed by atoms with Crippen LogP contribution < -0.4 is 4.52 Å². The number of rotatable bonds is 4. The smallest absolute Gasteiger partial charge is 0.254 e. The molecule has 1 unspecified atom stereocenters. The molecule has 1 atom stereocenters. The van der Waals surface area contributed by atoms with Crippen LogP contribution in [0.1, 0.15) is 22.3 Å². The molecule has 19 heavy (non-hydrogen) atoms. The predicted octanol–water partition coefficient (Wildman–Crippen LogP) is 4.93. The van der Waals surface area contributed by atoms with Gasteiger partial charge in [-0.1, -0.05) is 35.9 Å². The van der Waals surface area contributed by atoms with E-state index in [0.717, 1.165) is 5.56 Å². The molecule has 0 aromatic heterocycles. The standard InChI is InChI=1S/C16H18O2P/c1-12-9-13(2)16(14(3)10-12)11-19(17)18-15-7-5-4-6-8-15/h4-10H,11H2,1-3H3/q+1. The molecule has 0 saturated carbocycles. The average Bonchev–Trinajstić information content (AvgIpc) is 2.35. The Kier molecular flexibility index (Phi) is 4.34. The zero-order valence-corrected chi connectivity index (χ0v) is 12.4. The van der Waals surface area contributed by atoms with Gasteiger partial charge < -0.3 is 0 Å². The molecule has 0 aliphatic heterocycles. The zero-order valence-electron chi connectivity index (χ0n) is 11.5. The van der Waals surface area contributed by atoms with Crippen molar-refractivity contribution in [1.29, 1.82) is 0 Å². The van der Waals surface area contributed by atoms with Gasteiger partial charge in [-0.2, -0.15) is 0 Å². The normalized spacial score (nSPS) is 11.2. The summed E-state index contributed by atoms with van der Waals surface area (Å²) < 4.78 is 17.6. The second-order valence-corrected chi connectivity index (χ2v) is 5.94. The Labute approximate surface area is 115 Å². The maximum absolute atomic E-state index is 12.1. The highest BCUT2D eigenvalue weighted by molar-refractivity contribution is 7.38. The van der Waals surface area contributed by atoms with E-state index < -0.39 is 8.03 Å². The van der Waals surface area contributed by atoms with Gasteiger partial charge in [0.2, 0.25) is 6.16 Å². The van der Waals surface area contributed by atoms with Crippen molar-refractivity contribution < 1.29 is 9.09 Å². The fourth-order valence-corrected chi connectivity index (χ4v) is 3.40. The molecule has 0 aliphatic rings. The molecule has 2 rings (SSSR count). The largest absolute Gasteiger partial charge is 0.560 e. The summed E-state index contributed by atoms with van der Waals surface area (Å²) >= 11 is 0. The zero-order chi connectivity index (χ0) is 13.8. The summed E-state index contributed by atoms with van der Waals surface area (Å²) in [6.45, 7) is 6.19. The second-order valence-electron chi connectivity index (χ2n) is 4.77. The molecular formula is C16H18O2P+. The SMILES string of the molecule is Cc1cc(C)c(C[P+](=O)Oc2ccccc2)c(C)c1. The van der Waals surface area contributed by atoms with E-state index in [1.807, 2.05) is 30.3 Å². The van der Waals surface area contributed by atoms with Gasteiger partial charge >= 0.3 is 8.03 Å². The van der Waals surface area contributed by atoms with Crippen LogP contribution in [0.25, 0.3) is 0 Å². The van der Waals surface area contributed by atoms with Gasteiger partial charge in [-0.05, 0) is 48.6 Å². The third-order valence-electron chi connectivity index (χ3n) is 3.08. The molecule has 0 bridgehead atoms. The van der Waals surface area contributed by atoms with Crippen LogP contribution in [0.3, 0.4) is 0 Å². The van der Waals surface area contributed by atoms with E-state index >= 15 is 0 Å². The summed E-state index contributed by atoms with van der Waals surface area (Å²) in [5.74, 6) is 0.658. The van der Waals surface area contributed by atoms with Gasteiger partial charge in [-0.15, -0.1) is 0 Å². The van der Waals surface area contributed by atoms with Crippen molar-refractivity contribution in [2.75, 3.05) is 0 Å². The van der Waals surface area contributed by atoms with Crippen molar-refractivity contribution in [2.24, 2.45) is 0 Å². The highest BCUT2D eigenvalue weighted by Crippen LogP contribution is 2.33. The number of aryl methyl sites for hydroxylation is 3. The Morgan fingerprint density at radius 2 is 1.58 bits per heavy atom. The van der Waals surface area contributed by atoms with Gasteiger partial charge in [-0.3, -0.25) is 4.52 Å². The van der Waals surface area contributed by atoms with Crippen molar-refractivity contribution in [1.82, 2.24) is 0 Å². The second kappa shape index (κ2) is 5.99. The van der Waals surface area contributed by atoms with Crippen LogP contribution in [-0.4, -0.2) is 0 Å². The van der Waals surface area contributed by atoms with Gasteiger partial charge in [0.05, 0.1) is 0 Å². The molecule has 0 N–H and O–H groups in total. The van der Waals surface area contributed by atoms with Gasteiger partial charge in [0.25, 0.3) is 0 Å². The molecule has 0 heterocycles. The number of benzene rings is 2. The lowest BCUT2D eigenvalue weighted by molar-refractivity contribution is 0.504. The Bertz CT molecular complexity index is 568. The van der Waals surface area contributed by atoms with Gasteiger partial charge in [-0.25, -0.2) is 0 Å². The first-order valence-electron chi connectivity index (χ1n) is 6.30. The highest BCUT2D eigenvalue weighted by Gasteiger charge is 2.22.